The van der Waals surface area contributed by atoms with Gasteiger partial charge < -0.3 is 15.5 Å². The van der Waals surface area contributed by atoms with E-state index in [1.165, 1.54) is 5.56 Å². The number of hydrogen-bond acceptors (Lipinski definition) is 4. The maximum absolute atomic E-state index is 13.0. The van der Waals surface area contributed by atoms with Crippen molar-refractivity contribution in [2.75, 3.05) is 32.7 Å². The molecule has 2 heterocycles. The molecule has 1 fully saturated rings. The zero-order valence-corrected chi connectivity index (χ0v) is 15.4. The van der Waals surface area contributed by atoms with Crippen molar-refractivity contribution >= 4 is 11.8 Å². The minimum atomic E-state index is -0.0477. The molecule has 6 heteroatoms. The average molecular weight is 344 g/mol. The minimum absolute atomic E-state index is 0.0305. The molecule has 2 amide bonds. The summed E-state index contributed by atoms with van der Waals surface area (Å²) in [5, 5.41) is 0. The van der Waals surface area contributed by atoms with Gasteiger partial charge in [0.2, 0.25) is 5.91 Å². The molecule has 2 aliphatic heterocycles. The zero-order valence-electron chi connectivity index (χ0n) is 15.4. The van der Waals surface area contributed by atoms with Gasteiger partial charge in [-0.25, -0.2) is 0 Å². The number of hydrogen-bond donors (Lipinski definition) is 1. The third kappa shape index (κ3) is 3.55. The summed E-state index contributed by atoms with van der Waals surface area (Å²) in [6, 6.07) is 6.03. The van der Waals surface area contributed by atoms with Crippen LogP contribution in [-0.4, -0.2) is 64.8 Å². The molecule has 0 aromatic heterocycles. The van der Waals surface area contributed by atoms with Crippen LogP contribution in [0.1, 0.15) is 42.3 Å². The highest BCUT2D eigenvalue weighted by Crippen LogP contribution is 2.31. The van der Waals surface area contributed by atoms with Crippen LogP contribution in [0.25, 0.3) is 0 Å². The average Bonchev–Trinajstić information content (AvgIpc) is 3.05. The van der Waals surface area contributed by atoms with Gasteiger partial charge in [-0.15, -0.1) is 0 Å². The van der Waals surface area contributed by atoms with Crippen LogP contribution in [0.4, 0.5) is 0 Å². The zero-order chi connectivity index (χ0) is 18.2. The van der Waals surface area contributed by atoms with Crippen LogP contribution in [0, 0.1) is 0 Å². The van der Waals surface area contributed by atoms with Gasteiger partial charge in [0, 0.05) is 50.4 Å². The number of piperazine rings is 1. The highest BCUT2D eigenvalue weighted by Gasteiger charge is 2.32. The molecular formula is C19H28N4O2. The highest BCUT2D eigenvalue weighted by molar-refractivity contribution is 5.96. The molecule has 0 saturated carbocycles. The Morgan fingerprint density at radius 3 is 2.28 bits per heavy atom. The second-order valence-electron chi connectivity index (χ2n) is 7.85. The predicted octanol–water partition coefficient (Wildman–Crippen LogP) is 1.04. The smallest absolute Gasteiger partial charge is 0.254 e. The van der Waals surface area contributed by atoms with E-state index in [-0.39, 0.29) is 23.9 Å². The molecule has 0 bridgehead atoms. The van der Waals surface area contributed by atoms with Crippen molar-refractivity contribution in [1.82, 2.24) is 14.7 Å². The third-order valence-electron chi connectivity index (χ3n) is 5.26. The molecule has 6 nitrogen and oxygen atoms in total. The highest BCUT2D eigenvalue weighted by atomic mass is 16.2. The summed E-state index contributed by atoms with van der Waals surface area (Å²) < 4.78 is 0. The SMILES string of the molecule is CC(C)(C)N1Cc2cccc(C(=O)N3CCN(C(=O)CN)CC3)c2C1. The van der Waals surface area contributed by atoms with E-state index in [0.29, 0.717) is 26.2 Å². The van der Waals surface area contributed by atoms with E-state index >= 15 is 0 Å². The van der Waals surface area contributed by atoms with Crippen molar-refractivity contribution in [3.8, 4) is 0 Å². The van der Waals surface area contributed by atoms with Crippen LogP contribution in [0.2, 0.25) is 0 Å². The number of fused-ring (bicyclic) bond motifs is 1. The van der Waals surface area contributed by atoms with Crippen molar-refractivity contribution in [3.05, 3.63) is 34.9 Å². The molecule has 1 saturated heterocycles. The van der Waals surface area contributed by atoms with Crippen molar-refractivity contribution in [2.24, 2.45) is 5.73 Å². The monoisotopic (exact) mass is 344 g/mol. The molecule has 0 spiro atoms. The number of amides is 2. The Morgan fingerprint density at radius 1 is 1.04 bits per heavy atom. The molecule has 3 rings (SSSR count). The fraction of sp³-hybridized carbons (Fsp3) is 0.579. The van der Waals surface area contributed by atoms with E-state index in [2.05, 4.69) is 31.7 Å². The second-order valence-corrected chi connectivity index (χ2v) is 7.85. The maximum atomic E-state index is 13.0. The first-order chi connectivity index (χ1) is 11.8. The number of benzene rings is 1. The van der Waals surface area contributed by atoms with E-state index in [0.717, 1.165) is 24.2 Å². The number of carbonyl (C=O) groups excluding carboxylic acids is 2. The molecule has 25 heavy (non-hydrogen) atoms. The summed E-state index contributed by atoms with van der Waals surface area (Å²) in [5.74, 6) is 0.0287. The molecular weight excluding hydrogens is 316 g/mol. The summed E-state index contributed by atoms with van der Waals surface area (Å²) in [5.41, 5.74) is 8.71. The molecule has 1 aromatic rings. The third-order valence-corrected chi connectivity index (χ3v) is 5.26. The molecule has 2 aliphatic rings. The molecule has 1 aromatic carbocycles. The normalized spacial score (nSPS) is 18.4. The quantitative estimate of drug-likeness (QED) is 0.870. The first kappa shape index (κ1) is 17.9. The summed E-state index contributed by atoms with van der Waals surface area (Å²) in [4.78, 5) is 30.7. The number of nitrogens with two attached hydrogens (primary N) is 1. The summed E-state index contributed by atoms with van der Waals surface area (Å²) >= 11 is 0. The van der Waals surface area contributed by atoms with E-state index in [4.69, 9.17) is 5.73 Å². The number of nitrogens with zero attached hydrogens (tertiary/aromatic N) is 3. The van der Waals surface area contributed by atoms with Crippen LogP contribution in [-0.2, 0) is 17.9 Å². The molecule has 0 aliphatic carbocycles. The van der Waals surface area contributed by atoms with Crippen molar-refractivity contribution < 1.29 is 9.59 Å². The van der Waals surface area contributed by atoms with Gasteiger partial charge in [0.05, 0.1) is 6.54 Å². The molecule has 0 unspecified atom stereocenters. The van der Waals surface area contributed by atoms with Crippen molar-refractivity contribution in [2.45, 2.75) is 39.4 Å². The van der Waals surface area contributed by atoms with Crippen LogP contribution in [0.5, 0.6) is 0 Å². The van der Waals surface area contributed by atoms with E-state index in [1.54, 1.807) is 4.90 Å². The van der Waals surface area contributed by atoms with Gasteiger partial charge in [-0.3, -0.25) is 14.5 Å². The lowest BCUT2D eigenvalue weighted by atomic mass is 10.0. The van der Waals surface area contributed by atoms with Gasteiger partial charge in [-0.05, 0) is 38.0 Å². The lowest BCUT2D eigenvalue weighted by Gasteiger charge is -2.35. The first-order valence-electron chi connectivity index (χ1n) is 8.94. The topological polar surface area (TPSA) is 69.9 Å². The summed E-state index contributed by atoms with van der Waals surface area (Å²) in [7, 11) is 0. The largest absolute Gasteiger partial charge is 0.338 e. The fourth-order valence-electron chi connectivity index (χ4n) is 3.55. The van der Waals surface area contributed by atoms with E-state index in [9.17, 15) is 9.59 Å². The van der Waals surface area contributed by atoms with Crippen LogP contribution >= 0.6 is 0 Å². The number of carbonyl (C=O) groups is 2. The van der Waals surface area contributed by atoms with Gasteiger partial charge in [0.1, 0.15) is 0 Å². The fourth-order valence-corrected chi connectivity index (χ4v) is 3.55. The molecule has 136 valence electrons. The van der Waals surface area contributed by atoms with Crippen LogP contribution in [0.15, 0.2) is 18.2 Å². The molecule has 0 radical (unpaired) electrons. The minimum Gasteiger partial charge on any atom is -0.338 e. The van der Waals surface area contributed by atoms with Gasteiger partial charge in [0.15, 0.2) is 0 Å². The first-order valence-corrected chi connectivity index (χ1v) is 8.94. The van der Waals surface area contributed by atoms with Gasteiger partial charge in [0.25, 0.3) is 5.91 Å². The predicted molar refractivity (Wildman–Crippen MR) is 97.0 cm³/mol. The van der Waals surface area contributed by atoms with Crippen molar-refractivity contribution in [3.63, 3.8) is 0 Å². The van der Waals surface area contributed by atoms with Crippen molar-refractivity contribution in [1.29, 1.82) is 0 Å². The summed E-state index contributed by atoms with van der Waals surface area (Å²) in [6.45, 7) is 10.6. The van der Waals surface area contributed by atoms with Crippen LogP contribution in [0.3, 0.4) is 0 Å². The Morgan fingerprint density at radius 2 is 1.68 bits per heavy atom. The van der Waals surface area contributed by atoms with Gasteiger partial charge in [-0.2, -0.15) is 0 Å². The summed E-state index contributed by atoms with van der Waals surface area (Å²) in [6.07, 6.45) is 0. The van der Waals surface area contributed by atoms with E-state index in [1.807, 2.05) is 17.0 Å². The number of rotatable bonds is 2. The Balaban J connectivity index is 1.73. The Bertz CT molecular complexity index is 672. The standard InChI is InChI=1S/C19H28N4O2/c1-19(2,3)23-12-14-5-4-6-15(16(14)13-23)18(25)22-9-7-21(8-10-22)17(24)11-20/h4-6H,7-13,20H2,1-3H3. The van der Waals surface area contributed by atoms with Gasteiger partial charge in [-0.1, -0.05) is 12.1 Å². The van der Waals surface area contributed by atoms with Crippen LogP contribution < -0.4 is 5.73 Å². The Kier molecular flexibility index (Phi) is 4.84. The Hall–Kier alpha value is -1.92. The second kappa shape index (κ2) is 6.77. The lowest BCUT2D eigenvalue weighted by Crippen LogP contribution is -2.52. The molecule has 2 N–H and O–H groups in total. The maximum Gasteiger partial charge on any atom is 0.254 e. The Labute approximate surface area is 149 Å². The lowest BCUT2D eigenvalue weighted by molar-refractivity contribution is -0.131. The van der Waals surface area contributed by atoms with Gasteiger partial charge >= 0.3 is 0 Å². The van der Waals surface area contributed by atoms with E-state index < -0.39 is 0 Å². The molecule has 0 atom stereocenters.